The van der Waals surface area contributed by atoms with Crippen molar-refractivity contribution in [1.82, 2.24) is 4.90 Å². The minimum atomic E-state index is 0.548. The molecule has 4 nitrogen and oxygen atoms in total. The van der Waals surface area contributed by atoms with Crippen LogP contribution in [-0.4, -0.2) is 42.6 Å². The van der Waals surface area contributed by atoms with Gasteiger partial charge in [-0.3, -0.25) is 4.99 Å². The van der Waals surface area contributed by atoms with Gasteiger partial charge >= 0.3 is 0 Å². The fourth-order valence-corrected chi connectivity index (χ4v) is 2.91. The van der Waals surface area contributed by atoms with Crippen LogP contribution < -0.4 is 5.73 Å². The molecule has 1 aliphatic heterocycles. The molecule has 0 aromatic rings. The second-order valence-electron chi connectivity index (χ2n) is 6.65. The Morgan fingerprint density at radius 3 is 2.97 bits per heavy atom. The van der Waals surface area contributed by atoms with Crippen LogP contribution in [0.15, 0.2) is 82.0 Å². The Balaban J connectivity index is 3.19. The van der Waals surface area contributed by atoms with E-state index in [4.69, 9.17) is 22.3 Å². The largest absolute Gasteiger partial charge is 0.356 e. The molecule has 1 rings (SSSR count). The fraction of sp³-hybridized carbons (Fsp3) is 0.417. The summed E-state index contributed by atoms with van der Waals surface area (Å²) in [6, 6.07) is 0. The number of nitrogens with two attached hydrogens (primary N) is 1. The van der Waals surface area contributed by atoms with Crippen molar-refractivity contribution in [3.63, 3.8) is 0 Å². The van der Waals surface area contributed by atoms with Crippen molar-refractivity contribution >= 4 is 23.1 Å². The lowest BCUT2D eigenvalue weighted by Gasteiger charge is -2.26. The predicted octanol–water partition coefficient (Wildman–Crippen LogP) is 5.56. The van der Waals surface area contributed by atoms with Gasteiger partial charge in [0.25, 0.3) is 0 Å². The van der Waals surface area contributed by atoms with Gasteiger partial charge in [0, 0.05) is 48.9 Å². The van der Waals surface area contributed by atoms with Crippen molar-refractivity contribution in [1.29, 1.82) is 0 Å². The van der Waals surface area contributed by atoms with E-state index < -0.39 is 0 Å². The number of unbranched alkanes of at least 4 members (excludes halogenated alkanes) is 1. The monoisotopic (exact) mass is 414 g/mol. The first kappa shape index (κ1) is 24.9. The summed E-state index contributed by atoms with van der Waals surface area (Å²) in [6.07, 6.45) is 21.5. The van der Waals surface area contributed by atoms with Gasteiger partial charge in [0.15, 0.2) is 0 Å². The van der Waals surface area contributed by atoms with Gasteiger partial charge in [-0.2, -0.15) is 0 Å². The van der Waals surface area contributed by atoms with Crippen LogP contribution in [0, 0.1) is 0 Å². The molecule has 0 bridgehead atoms. The maximum absolute atomic E-state index is 6.16. The Hall–Kier alpha value is -2.17. The first-order valence-electron chi connectivity index (χ1n) is 10.3. The Morgan fingerprint density at radius 1 is 1.45 bits per heavy atom. The molecule has 0 amide bonds. The lowest BCUT2D eigenvalue weighted by atomic mass is 10.1. The summed E-state index contributed by atoms with van der Waals surface area (Å²) in [5.74, 6) is 1.03. The molecule has 0 saturated heterocycles. The Labute approximate surface area is 181 Å². The number of amidine groups is 1. The van der Waals surface area contributed by atoms with E-state index in [0.29, 0.717) is 24.5 Å². The van der Waals surface area contributed by atoms with E-state index in [-0.39, 0.29) is 0 Å². The fourth-order valence-electron chi connectivity index (χ4n) is 2.73. The van der Waals surface area contributed by atoms with Gasteiger partial charge in [0.1, 0.15) is 5.84 Å². The van der Waals surface area contributed by atoms with Crippen LogP contribution in [-0.2, 0) is 0 Å². The van der Waals surface area contributed by atoms with E-state index in [9.17, 15) is 0 Å². The maximum atomic E-state index is 6.16. The van der Waals surface area contributed by atoms with E-state index in [1.807, 2.05) is 25.2 Å². The van der Waals surface area contributed by atoms with E-state index in [2.05, 4.69) is 47.7 Å². The molecule has 0 aliphatic carbocycles. The summed E-state index contributed by atoms with van der Waals surface area (Å²) in [5.41, 5.74) is 7.72. The minimum absolute atomic E-state index is 0.548. The number of hydrogen-bond donors (Lipinski definition) is 1. The van der Waals surface area contributed by atoms with Crippen LogP contribution in [0.1, 0.15) is 39.5 Å². The molecule has 1 heterocycles. The van der Waals surface area contributed by atoms with Gasteiger partial charge in [0.05, 0.1) is 6.54 Å². The molecular weight excluding hydrogens is 380 g/mol. The van der Waals surface area contributed by atoms with Crippen molar-refractivity contribution < 1.29 is 0 Å². The Morgan fingerprint density at radius 2 is 2.28 bits per heavy atom. The summed E-state index contributed by atoms with van der Waals surface area (Å²) in [6.45, 7) is 10.7. The number of nitrogens with zero attached hydrogens (tertiary/aromatic N) is 3. The van der Waals surface area contributed by atoms with Gasteiger partial charge < -0.3 is 10.6 Å². The highest BCUT2D eigenvalue weighted by molar-refractivity contribution is 6.31. The zero-order valence-corrected chi connectivity index (χ0v) is 18.6. The summed E-state index contributed by atoms with van der Waals surface area (Å²) in [5, 5.41) is 0.664. The first-order valence-corrected chi connectivity index (χ1v) is 10.7. The summed E-state index contributed by atoms with van der Waals surface area (Å²) < 4.78 is 0. The third-order valence-corrected chi connectivity index (χ3v) is 4.45. The highest BCUT2D eigenvalue weighted by atomic mass is 35.5. The standard InChI is InChI=1S/C24H35ClN4/c1-4-7-13-22-14-9-15-23(27-17-16-26)20-24(28-22)29(18-8-5-2)19-10-12-21(25)11-6-3/h4,6-7,9-13,15H,3,5,8,14,16-20,26H2,1-2H3/b7-4?,12-10?,15-9?,21-11?,22-13+,27-23?,28-24?. The summed E-state index contributed by atoms with van der Waals surface area (Å²) in [7, 11) is 0. The highest BCUT2D eigenvalue weighted by Crippen LogP contribution is 2.15. The van der Waals surface area contributed by atoms with Crippen molar-refractivity contribution in [2.24, 2.45) is 15.7 Å². The molecule has 29 heavy (non-hydrogen) atoms. The van der Waals surface area contributed by atoms with E-state index >= 15 is 0 Å². The molecule has 158 valence electrons. The van der Waals surface area contributed by atoms with Crippen LogP contribution in [0.25, 0.3) is 0 Å². The van der Waals surface area contributed by atoms with Gasteiger partial charge in [-0.1, -0.05) is 61.9 Å². The molecule has 2 N–H and O–H groups in total. The smallest absolute Gasteiger partial charge is 0.111 e. The zero-order chi connectivity index (χ0) is 21.3. The van der Waals surface area contributed by atoms with Crippen molar-refractivity contribution in [2.75, 3.05) is 26.2 Å². The highest BCUT2D eigenvalue weighted by Gasteiger charge is 2.14. The van der Waals surface area contributed by atoms with Crippen LogP contribution in [0.3, 0.4) is 0 Å². The van der Waals surface area contributed by atoms with Gasteiger partial charge in [-0.25, -0.2) is 4.99 Å². The third kappa shape index (κ3) is 10.8. The minimum Gasteiger partial charge on any atom is -0.356 e. The molecule has 5 heteroatoms. The lowest BCUT2D eigenvalue weighted by Crippen LogP contribution is -2.34. The molecule has 0 fully saturated rings. The average Bonchev–Trinajstić information content (AvgIpc) is 2.69. The van der Waals surface area contributed by atoms with Crippen LogP contribution >= 0.6 is 11.6 Å². The summed E-state index contributed by atoms with van der Waals surface area (Å²) in [4.78, 5) is 12.0. The molecule has 0 spiro atoms. The normalized spacial score (nSPS) is 18.5. The molecule has 0 unspecified atom stereocenters. The van der Waals surface area contributed by atoms with Gasteiger partial charge in [0.2, 0.25) is 0 Å². The molecule has 0 aromatic heterocycles. The number of rotatable bonds is 10. The first-order chi connectivity index (χ1) is 14.1. The molecule has 0 saturated carbocycles. The van der Waals surface area contributed by atoms with E-state index in [1.54, 1.807) is 12.2 Å². The number of halogens is 1. The molecule has 1 aliphatic rings. The molecular formula is C24H35ClN4. The number of allylic oxidation sites excluding steroid dienone is 9. The SMILES string of the molecule is C=CC=C(Cl)C=CCN(CCCC)C1=N/C(=C/C=CC)CC=CC(=NCCN)C1. The number of aliphatic imine (C=N–C) groups is 2. The zero-order valence-electron chi connectivity index (χ0n) is 17.9. The molecule has 0 radical (unpaired) electrons. The van der Waals surface area contributed by atoms with E-state index in [1.165, 1.54) is 0 Å². The second kappa shape index (κ2) is 15.7. The van der Waals surface area contributed by atoms with Crippen molar-refractivity contribution in [3.05, 3.63) is 72.0 Å². The summed E-state index contributed by atoms with van der Waals surface area (Å²) >= 11 is 6.16. The van der Waals surface area contributed by atoms with E-state index in [0.717, 1.165) is 49.6 Å². The number of hydrogen-bond acceptors (Lipinski definition) is 4. The average molecular weight is 415 g/mol. The van der Waals surface area contributed by atoms with Crippen LogP contribution in [0.5, 0.6) is 0 Å². The topological polar surface area (TPSA) is 54.0 Å². The Bertz CT molecular complexity index is 708. The molecule has 0 atom stereocenters. The van der Waals surface area contributed by atoms with Gasteiger partial charge in [-0.05, 0) is 37.6 Å². The Kier molecular flexibility index (Phi) is 13.5. The lowest BCUT2D eigenvalue weighted by molar-refractivity contribution is 0.441. The van der Waals surface area contributed by atoms with Crippen LogP contribution in [0.4, 0.5) is 0 Å². The predicted molar refractivity (Wildman–Crippen MR) is 130 cm³/mol. The maximum Gasteiger partial charge on any atom is 0.111 e. The van der Waals surface area contributed by atoms with Crippen molar-refractivity contribution in [2.45, 2.75) is 39.5 Å². The second-order valence-corrected chi connectivity index (χ2v) is 7.08. The van der Waals surface area contributed by atoms with Crippen LogP contribution in [0.2, 0.25) is 0 Å². The van der Waals surface area contributed by atoms with Crippen molar-refractivity contribution in [3.8, 4) is 0 Å². The molecule has 0 aromatic carbocycles. The third-order valence-electron chi connectivity index (χ3n) is 4.20. The van der Waals surface area contributed by atoms with Gasteiger partial charge in [-0.15, -0.1) is 0 Å². The quantitative estimate of drug-likeness (QED) is 0.475.